The first kappa shape index (κ1) is 19.6. The van der Waals surface area contributed by atoms with Crippen molar-refractivity contribution in [2.75, 3.05) is 21.3 Å². The van der Waals surface area contributed by atoms with Crippen molar-refractivity contribution in [2.45, 2.75) is 6.54 Å². The summed E-state index contributed by atoms with van der Waals surface area (Å²) in [6.45, 7) is -0.268. The molecular formula is C19H17FN2O5S. The summed E-state index contributed by atoms with van der Waals surface area (Å²) in [4.78, 5) is 28.7. The number of hydrogen-bond acceptors (Lipinski definition) is 6. The zero-order chi connectivity index (χ0) is 20.3. The quantitative estimate of drug-likeness (QED) is 0.611. The molecule has 0 spiro atoms. The summed E-state index contributed by atoms with van der Waals surface area (Å²) in [5.41, 5.74) is 0.456. The van der Waals surface area contributed by atoms with Gasteiger partial charge in [0.25, 0.3) is 5.91 Å². The molecule has 0 bridgehead atoms. The van der Waals surface area contributed by atoms with Gasteiger partial charge in [-0.15, -0.1) is 0 Å². The topological polar surface area (TPSA) is 79.1 Å². The fourth-order valence-electron chi connectivity index (χ4n) is 2.63. The van der Waals surface area contributed by atoms with Crippen LogP contribution >= 0.6 is 11.3 Å². The molecule has 7 nitrogen and oxygen atoms in total. The Morgan fingerprint density at radius 3 is 2.54 bits per heavy atom. The van der Waals surface area contributed by atoms with Crippen LogP contribution in [0.25, 0.3) is 10.2 Å². The minimum atomic E-state index is -0.581. The van der Waals surface area contributed by atoms with Crippen LogP contribution in [0.5, 0.6) is 11.5 Å². The number of methoxy groups -OCH3 is 3. The van der Waals surface area contributed by atoms with Crippen molar-refractivity contribution in [3.8, 4) is 11.5 Å². The van der Waals surface area contributed by atoms with Crippen LogP contribution in [0.2, 0.25) is 0 Å². The molecule has 9 heteroatoms. The van der Waals surface area contributed by atoms with Crippen molar-refractivity contribution in [3.05, 3.63) is 52.6 Å². The molecule has 2 aromatic carbocycles. The number of aromatic nitrogens is 1. The van der Waals surface area contributed by atoms with E-state index in [1.165, 1.54) is 38.0 Å². The fourth-order valence-corrected chi connectivity index (χ4v) is 3.68. The predicted octanol–water partition coefficient (Wildman–Crippen LogP) is 2.77. The molecular weight excluding hydrogens is 387 g/mol. The number of carbonyl (C=O) groups excluding carboxylic acids is 2. The van der Waals surface area contributed by atoms with E-state index in [0.29, 0.717) is 16.2 Å². The highest BCUT2D eigenvalue weighted by molar-refractivity contribution is 7.16. The third-order valence-electron chi connectivity index (χ3n) is 3.99. The maximum atomic E-state index is 14.3. The van der Waals surface area contributed by atoms with Gasteiger partial charge in [0.1, 0.15) is 12.4 Å². The number of nitrogens with zero attached hydrogens (tertiary/aromatic N) is 2. The standard InChI is InChI=1S/C19H17FN2O5S/c1-25-13-8-7-11(9-14(13)26-2)18(24)21-19-22(10-16(23)27-3)17-12(20)5-4-6-15(17)28-19/h4-9H,10H2,1-3H3. The lowest BCUT2D eigenvalue weighted by atomic mass is 10.2. The van der Waals surface area contributed by atoms with Crippen molar-refractivity contribution in [3.63, 3.8) is 0 Å². The summed E-state index contributed by atoms with van der Waals surface area (Å²) in [6.07, 6.45) is 0. The molecule has 0 aliphatic carbocycles. The number of hydrogen-bond donors (Lipinski definition) is 0. The van der Waals surface area contributed by atoms with Gasteiger partial charge in [0.15, 0.2) is 16.3 Å². The largest absolute Gasteiger partial charge is 0.493 e. The van der Waals surface area contributed by atoms with Crippen molar-refractivity contribution in [2.24, 2.45) is 4.99 Å². The van der Waals surface area contributed by atoms with E-state index in [1.54, 1.807) is 24.3 Å². The molecule has 3 aromatic rings. The summed E-state index contributed by atoms with van der Waals surface area (Å²) in [7, 11) is 4.19. The second-order valence-corrected chi connectivity index (χ2v) is 6.63. The van der Waals surface area contributed by atoms with Crippen molar-refractivity contribution >= 4 is 33.4 Å². The molecule has 0 saturated heterocycles. The van der Waals surface area contributed by atoms with Gasteiger partial charge in [-0.05, 0) is 30.3 Å². The Hall–Kier alpha value is -3.20. The lowest BCUT2D eigenvalue weighted by Gasteiger charge is -2.08. The van der Waals surface area contributed by atoms with Crippen LogP contribution < -0.4 is 14.3 Å². The van der Waals surface area contributed by atoms with Crippen LogP contribution in [0.4, 0.5) is 4.39 Å². The van der Waals surface area contributed by atoms with E-state index in [4.69, 9.17) is 9.47 Å². The molecule has 0 N–H and O–H groups in total. The van der Waals surface area contributed by atoms with E-state index in [2.05, 4.69) is 9.73 Å². The Balaban J connectivity index is 2.13. The Morgan fingerprint density at radius 2 is 1.86 bits per heavy atom. The van der Waals surface area contributed by atoms with Gasteiger partial charge in [-0.25, -0.2) is 4.39 Å². The molecule has 146 valence electrons. The van der Waals surface area contributed by atoms with Gasteiger partial charge >= 0.3 is 5.97 Å². The van der Waals surface area contributed by atoms with Crippen molar-refractivity contribution in [1.29, 1.82) is 0 Å². The SMILES string of the molecule is COC(=O)Cn1c(=NC(=O)c2ccc(OC)c(OC)c2)sc2cccc(F)c21. The molecule has 0 radical (unpaired) electrons. The van der Waals surface area contributed by atoms with E-state index >= 15 is 0 Å². The predicted molar refractivity (Wildman–Crippen MR) is 101 cm³/mol. The van der Waals surface area contributed by atoms with Gasteiger partial charge in [0.2, 0.25) is 0 Å². The summed E-state index contributed by atoms with van der Waals surface area (Å²) in [5, 5.41) is 0. The first-order valence-corrected chi connectivity index (χ1v) is 8.96. The molecule has 1 amide bonds. The monoisotopic (exact) mass is 404 g/mol. The van der Waals surface area contributed by atoms with E-state index in [9.17, 15) is 14.0 Å². The second kappa shape index (κ2) is 8.22. The van der Waals surface area contributed by atoms with Crippen LogP contribution in [-0.2, 0) is 16.1 Å². The average Bonchev–Trinajstić information content (AvgIpc) is 3.05. The Labute approximate surface area is 163 Å². The van der Waals surface area contributed by atoms with E-state index in [0.717, 1.165) is 11.3 Å². The lowest BCUT2D eigenvalue weighted by Crippen LogP contribution is -2.22. The number of amides is 1. The van der Waals surface area contributed by atoms with Crippen molar-refractivity contribution in [1.82, 2.24) is 4.57 Å². The van der Waals surface area contributed by atoms with Crippen LogP contribution in [0.3, 0.4) is 0 Å². The number of fused-ring (bicyclic) bond motifs is 1. The number of halogens is 1. The summed E-state index contributed by atoms with van der Waals surface area (Å²) in [5.74, 6) is -0.802. The molecule has 3 rings (SSSR count). The summed E-state index contributed by atoms with van der Waals surface area (Å²) in [6, 6.07) is 9.17. The first-order valence-electron chi connectivity index (χ1n) is 8.14. The molecule has 0 atom stereocenters. The van der Waals surface area contributed by atoms with Crippen LogP contribution in [0, 0.1) is 5.82 Å². The van der Waals surface area contributed by atoms with Gasteiger partial charge in [-0.3, -0.25) is 9.59 Å². The Kier molecular flexibility index (Phi) is 5.74. The number of para-hydroxylation sites is 1. The summed E-state index contributed by atoms with van der Waals surface area (Å²) >= 11 is 1.10. The van der Waals surface area contributed by atoms with Crippen LogP contribution in [-0.4, -0.2) is 37.8 Å². The highest BCUT2D eigenvalue weighted by Crippen LogP contribution is 2.28. The zero-order valence-electron chi connectivity index (χ0n) is 15.4. The third-order valence-corrected chi connectivity index (χ3v) is 5.04. The van der Waals surface area contributed by atoms with Gasteiger partial charge in [0, 0.05) is 5.56 Å². The highest BCUT2D eigenvalue weighted by Gasteiger charge is 2.16. The van der Waals surface area contributed by atoms with E-state index < -0.39 is 17.7 Å². The molecule has 0 aliphatic rings. The maximum absolute atomic E-state index is 14.3. The molecule has 0 aliphatic heterocycles. The highest BCUT2D eigenvalue weighted by atomic mass is 32.1. The third kappa shape index (κ3) is 3.74. The molecule has 0 saturated carbocycles. The minimum absolute atomic E-state index is 0.185. The number of ether oxygens (including phenoxy) is 3. The smallest absolute Gasteiger partial charge is 0.325 e. The number of carbonyl (C=O) groups is 2. The van der Waals surface area contributed by atoms with Gasteiger partial charge < -0.3 is 18.8 Å². The van der Waals surface area contributed by atoms with Crippen LogP contribution in [0.1, 0.15) is 10.4 Å². The number of thiazole rings is 1. The molecule has 0 fully saturated rings. The zero-order valence-corrected chi connectivity index (χ0v) is 16.2. The van der Waals surface area contributed by atoms with Crippen molar-refractivity contribution < 1.29 is 28.2 Å². The Bertz CT molecular complexity index is 1120. The fraction of sp³-hybridized carbons (Fsp3) is 0.211. The molecule has 28 heavy (non-hydrogen) atoms. The number of esters is 1. The maximum Gasteiger partial charge on any atom is 0.325 e. The van der Waals surface area contributed by atoms with Crippen LogP contribution in [0.15, 0.2) is 41.4 Å². The lowest BCUT2D eigenvalue weighted by molar-refractivity contribution is -0.141. The summed E-state index contributed by atoms with van der Waals surface area (Å²) < 4.78 is 31.3. The molecule has 1 heterocycles. The van der Waals surface area contributed by atoms with Gasteiger partial charge in [-0.2, -0.15) is 4.99 Å². The second-order valence-electron chi connectivity index (χ2n) is 5.62. The minimum Gasteiger partial charge on any atom is -0.493 e. The first-order chi connectivity index (χ1) is 13.5. The van der Waals surface area contributed by atoms with Gasteiger partial charge in [0.05, 0.1) is 31.5 Å². The normalized spacial score (nSPS) is 11.5. The number of rotatable bonds is 5. The molecule has 0 unspecified atom stereocenters. The molecule has 1 aromatic heterocycles. The van der Waals surface area contributed by atoms with Gasteiger partial charge in [-0.1, -0.05) is 17.4 Å². The number of benzene rings is 2. The van der Waals surface area contributed by atoms with E-state index in [-0.39, 0.29) is 22.4 Å². The van der Waals surface area contributed by atoms with E-state index in [1.807, 2.05) is 0 Å². The Morgan fingerprint density at radius 1 is 1.11 bits per heavy atom. The average molecular weight is 404 g/mol.